The summed E-state index contributed by atoms with van der Waals surface area (Å²) in [6.07, 6.45) is 0.233. The van der Waals surface area contributed by atoms with Crippen molar-refractivity contribution in [2.45, 2.75) is 37.8 Å². The van der Waals surface area contributed by atoms with Crippen LogP contribution in [0.3, 0.4) is 0 Å². The predicted molar refractivity (Wildman–Crippen MR) is 173 cm³/mol. The van der Waals surface area contributed by atoms with E-state index in [-0.39, 0.29) is 34.5 Å². The number of carbonyl (C=O) groups excluding carboxylic acids is 2. The molecular weight excluding hydrogens is 598 g/mol. The first kappa shape index (κ1) is 32.6. The standard InChI is InChI=1S/C34H36ClN3O5S/c1-24-13-16-29(17-14-24)44(41,42)38(28-15-18-32(43-4)30(35)21-28)23-33(39)37(22-27-12-8-9-25(2)19-27)31(34(40)36-3)20-26-10-6-5-7-11-26/h5-19,21,31H,20,22-23H2,1-4H3,(H,36,40). The molecule has 1 atom stereocenters. The van der Waals surface area contributed by atoms with E-state index in [1.807, 2.05) is 68.4 Å². The number of carbonyl (C=O) groups is 2. The van der Waals surface area contributed by atoms with Crippen LogP contribution < -0.4 is 14.4 Å². The molecule has 2 amide bonds. The van der Waals surface area contributed by atoms with Crippen LogP contribution in [0.4, 0.5) is 5.69 Å². The second-order valence-corrected chi connectivity index (χ2v) is 12.7. The number of sulfonamides is 1. The van der Waals surface area contributed by atoms with Gasteiger partial charge in [0.05, 0.1) is 22.7 Å². The molecule has 4 rings (SSSR count). The van der Waals surface area contributed by atoms with Crippen LogP contribution in [0, 0.1) is 13.8 Å². The fourth-order valence-electron chi connectivity index (χ4n) is 4.90. The second kappa shape index (κ2) is 14.4. The molecule has 0 aliphatic carbocycles. The normalized spacial score (nSPS) is 11.8. The summed E-state index contributed by atoms with van der Waals surface area (Å²) < 4.78 is 34.5. The number of halogens is 1. The van der Waals surface area contributed by atoms with Gasteiger partial charge in [-0.05, 0) is 55.3 Å². The highest BCUT2D eigenvalue weighted by atomic mass is 35.5. The van der Waals surface area contributed by atoms with Gasteiger partial charge in [0.2, 0.25) is 11.8 Å². The van der Waals surface area contributed by atoms with E-state index in [1.54, 1.807) is 18.2 Å². The van der Waals surface area contributed by atoms with Crippen molar-refractivity contribution in [1.82, 2.24) is 10.2 Å². The van der Waals surface area contributed by atoms with Crippen molar-refractivity contribution in [2.24, 2.45) is 0 Å². The first-order valence-corrected chi connectivity index (χ1v) is 15.9. The molecule has 10 heteroatoms. The summed E-state index contributed by atoms with van der Waals surface area (Å²) >= 11 is 6.42. The van der Waals surface area contributed by atoms with Gasteiger partial charge in [0.25, 0.3) is 10.0 Å². The summed E-state index contributed by atoms with van der Waals surface area (Å²) in [5.41, 5.74) is 3.72. The third kappa shape index (κ3) is 7.78. The zero-order chi connectivity index (χ0) is 31.9. The lowest BCUT2D eigenvalue weighted by Gasteiger charge is -2.33. The fourth-order valence-corrected chi connectivity index (χ4v) is 6.56. The van der Waals surface area contributed by atoms with Crippen LogP contribution in [0.2, 0.25) is 5.02 Å². The number of ether oxygens (including phenoxy) is 1. The van der Waals surface area contributed by atoms with Gasteiger partial charge in [-0.1, -0.05) is 89.5 Å². The number of methoxy groups -OCH3 is 1. The summed E-state index contributed by atoms with van der Waals surface area (Å²) in [6.45, 7) is 3.31. The van der Waals surface area contributed by atoms with Crippen LogP contribution in [0.15, 0.2) is 102 Å². The third-order valence-electron chi connectivity index (χ3n) is 7.26. The van der Waals surface area contributed by atoms with Crippen molar-refractivity contribution < 1.29 is 22.7 Å². The molecule has 0 heterocycles. The zero-order valence-electron chi connectivity index (χ0n) is 25.2. The molecule has 0 saturated carbocycles. The fraction of sp³-hybridized carbons (Fsp3) is 0.235. The lowest BCUT2D eigenvalue weighted by molar-refractivity contribution is -0.139. The van der Waals surface area contributed by atoms with E-state index in [9.17, 15) is 18.0 Å². The van der Waals surface area contributed by atoms with Crippen LogP contribution in [-0.4, -0.2) is 51.9 Å². The molecule has 4 aromatic carbocycles. The van der Waals surface area contributed by atoms with Gasteiger partial charge in [-0.15, -0.1) is 0 Å². The summed E-state index contributed by atoms with van der Waals surface area (Å²) in [7, 11) is -1.26. The molecule has 0 fully saturated rings. The van der Waals surface area contributed by atoms with Gasteiger partial charge in [-0.25, -0.2) is 8.42 Å². The summed E-state index contributed by atoms with van der Waals surface area (Å²) in [5, 5.41) is 2.87. The summed E-state index contributed by atoms with van der Waals surface area (Å²) in [5.74, 6) is -0.563. The van der Waals surface area contributed by atoms with Gasteiger partial charge in [0, 0.05) is 20.0 Å². The van der Waals surface area contributed by atoms with E-state index in [2.05, 4.69) is 5.32 Å². The number of benzene rings is 4. The van der Waals surface area contributed by atoms with Gasteiger partial charge < -0.3 is 15.0 Å². The highest BCUT2D eigenvalue weighted by Gasteiger charge is 2.34. The largest absolute Gasteiger partial charge is 0.495 e. The minimum absolute atomic E-state index is 0.0141. The van der Waals surface area contributed by atoms with Crippen molar-refractivity contribution in [3.8, 4) is 5.75 Å². The Kier molecular flexibility index (Phi) is 10.7. The van der Waals surface area contributed by atoms with Crippen molar-refractivity contribution >= 4 is 39.1 Å². The number of anilines is 1. The third-order valence-corrected chi connectivity index (χ3v) is 9.35. The van der Waals surface area contributed by atoms with E-state index in [1.165, 1.54) is 43.3 Å². The van der Waals surface area contributed by atoms with Crippen molar-refractivity contribution in [3.63, 3.8) is 0 Å². The highest BCUT2D eigenvalue weighted by molar-refractivity contribution is 7.92. The van der Waals surface area contributed by atoms with Crippen LogP contribution in [0.5, 0.6) is 5.75 Å². The average molecular weight is 634 g/mol. The van der Waals surface area contributed by atoms with Gasteiger partial charge in [-0.3, -0.25) is 13.9 Å². The molecule has 1 unspecified atom stereocenters. The van der Waals surface area contributed by atoms with Crippen molar-refractivity contribution in [3.05, 3.63) is 124 Å². The Morgan fingerprint density at radius 2 is 1.55 bits per heavy atom. The molecule has 0 aliphatic rings. The van der Waals surface area contributed by atoms with Crippen LogP contribution >= 0.6 is 11.6 Å². The summed E-state index contributed by atoms with van der Waals surface area (Å²) in [6, 6.07) is 27.0. The van der Waals surface area contributed by atoms with Crippen molar-refractivity contribution in [2.75, 3.05) is 25.0 Å². The second-order valence-electron chi connectivity index (χ2n) is 10.5. The number of nitrogens with zero attached hydrogens (tertiary/aromatic N) is 2. The van der Waals surface area contributed by atoms with Gasteiger partial charge in [-0.2, -0.15) is 0 Å². The maximum atomic E-state index is 14.4. The highest BCUT2D eigenvalue weighted by Crippen LogP contribution is 2.32. The monoisotopic (exact) mass is 633 g/mol. The maximum Gasteiger partial charge on any atom is 0.264 e. The Morgan fingerprint density at radius 3 is 2.16 bits per heavy atom. The molecule has 0 radical (unpaired) electrons. The Bertz CT molecular complexity index is 1710. The Balaban J connectivity index is 1.81. The molecular formula is C34H36ClN3O5S. The van der Waals surface area contributed by atoms with E-state index >= 15 is 0 Å². The molecule has 0 aliphatic heterocycles. The quantitative estimate of drug-likeness (QED) is 0.221. The Morgan fingerprint density at radius 1 is 0.864 bits per heavy atom. The molecule has 0 bridgehead atoms. The zero-order valence-corrected chi connectivity index (χ0v) is 26.7. The number of likely N-dealkylation sites (N-methyl/N-ethyl adjacent to an activating group) is 1. The first-order chi connectivity index (χ1) is 21.0. The van der Waals surface area contributed by atoms with Crippen LogP contribution in [0.1, 0.15) is 22.3 Å². The van der Waals surface area contributed by atoms with Gasteiger partial charge in [0.1, 0.15) is 18.3 Å². The van der Waals surface area contributed by atoms with E-state index in [0.29, 0.717) is 5.75 Å². The predicted octanol–water partition coefficient (Wildman–Crippen LogP) is 5.55. The average Bonchev–Trinajstić information content (AvgIpc) is 3.01. The molecule has 1 N–H and O–H groups in total. The number of nitrogens with one attached hydrogen (secondary N) is 1. The lowest BCUT2D eigenvalue weighted by atomic mass is 10.0. The van der Waals surface area contributed by atoms with E-state index < -0.39 is 28.5 Å². The molecule has 230 valence electrons. The smallest absolute Gasteiger partial charge is 0.264 e. The molecule has 0 aromatic heterocycles. The minimum atomic E-state index is -4.24. The molecule has 4 aromatic rings. The van der Waals surface area contributed by atoms with Crippen LogP contribution in [-0.2, 0) is 32.6 Å². The lowest BCUT2D eigenvalue weighted by Crippen LogP contribution is -2.53. The van der Waals surface area contributed by atoms with E-state index in [4.69, 9.17) is 16.3 Å². The Hall–Kier alpha value is -4.34. The number of amides is 2. The SMILES string of the molecule is CNC(=O)C(Cc1ccccc1)N(Cc1cccc(C)c1)C(=O)CN(c1ccc(OC)c(Cl)c1)S(=O)(=O)c1ccc(C)cc1. The minimum Gasteiger partial charge on any atom is -0.495 e. The number of hydrogen-bond donors (Lipinski definition) is 1. The number of hydrogen-bond acceptors (Lipinski definition) is 5. The number of rotatable bonds is 12. The Labute approximate surface area is 264 Å². The van der Waals surface area contributed by atoms with Crippen molar-refractivity contribution in [1.29, 1.82) is 0 Å². The molecule has 8 nitrogen and oxygen atoms in total. The van der Waals surface area contributed by atoms with Gasteiger partial charge in [0.15, 0.2) is 0 Å². The maximum absolute atomic E-state index is 14.4. The van der Waals surface area contributed by atoms with Gasteiger partial charge >= 0.3 is 0 Å². The molecule has 0 spiro atoms. The first-order valence-electron chi connectivity index (χ1n) is 14.1. The summed E-state index contributed by atoms with van der Waals surface area (Å²) in [4.78, 5) is 29.2. The molecule has 44 heavy (non-hydrogen) atoms. The van der Waals surface area contributed by atoms with Crippen LogP contribution in [0.25, 0.3) is 0 Å². The molecule has 0 saturated heterocycles. The van der Waals surface area contributed by atoms with E-state index in [0.717, 1.165) is 26.6 Å². The number of aryl methyl sites for hydroxylation is 2. The topological polar surface area (TPSA) is 96.0 Å².